The first-order valence-corrected chi connectivity index (χ1v) is 6.45. The summed E-state index contributed by atoms with van der Waals surface area (Å²) >= 11 is 6.02. The molecule has 0 atom stereocenters. The number of carbonyl (C=O) groups excluding carboxylic acids is 1. The van der Waals surface area contributed by atoms with E-state index in [1.165, 1.54) is 5.56 Å². The van der Waals surface area contributed by atoms with Crippen LogP contribution in [0, 0.1) is 0 Å². The number of aliphatic carboxylic acids is 1. The Labute approximate surface area is 112 Å². The SMILES string of the molecule is CCc1cc(CCCCC(=O)C(=O)O)ccc1Cl. The van der Waals surface area contributed by atoms with Crippen LogP contribution in [-0.2, 0) is 22.4 Å². The molecule has 0 amide bonds. The van der Waals surface area contributed by atoms with E-state index in [4.69, 9.17) is 16.7 Å². The van der Waals surface area contributed by atoms with Crippen molar-refractivity contribution >= 4 is 23.4 Å². The third-order valence-corrected chi connectivity index (χ3v) is 3.22. The predicted octanol–water partition coefficient (Wildman–Crippen LogP) is 3.27. The molecule has 0 heterocycles. The van der Waals surface area contributed by atoms with Gasteiger partial charge in [0.05, 0.1) is 0 Å². The molecule has 0 saturated carbocycles. The lowest BCUT2D eigenvalue weighted by molar-refractivity contribution is -0.149. The minimum atomic E-state index is -1.34. The summed E-state index contributed by atoms with van der Waals surface area (Å²) in [6.07, 6.45) is 3.27. The van der Waals surface area contributed by atoms with Crippen molar-refractivity contribution in [3.63, 3.8) is 0 Å². The topological polar surface area (TPSA) is 54.4 Å². The van der Waals surface area contributed by atoms with Crippen LogP contribution in [0.25, 0.3) is 0 Å². The van der Waals surface area contributed by atoms with Crippen LogP contribution < -0.4 is 0 Å². The van der Waals surface area contributed by atoms with Crippen molar-refractivity contribution in [2.75, 3.05) is 0 Å². The van der Waals surface area contributed by atoms with E-state index >= 15 is 0 Å². The third kappa shape index (κ3) is 4.49. The Morgan fingerprint density at radius 3 is 2.61 bits per heavy atom. The molecule has 1 rings (SSSR count). The zero-order chi connectivity index (χ0) is 13.5. The molecule has 1 aromatic rings. The number of unbranched alkanes of at least 4 members (excludes halogenated alkanes) is 1. The molecule has 4 heteroatoms. The van der Waals surface area contributed by atoms with Crippen molar-refractivity contribution < 1.29 is 14.7 Å². The van der Waals surface area contributed by atoms with Gasteiger partial charge in [0.25, 0.3) is 0 Å². The molecular formula is C14H17ClO3. The molecule has 18 heavy (non-hydrogen) atoms. The lowest BCUT2D eigenvalue weighted by atomic mass is 10.0. The molecule has 0 aromatic heterocycles. The maximum Gasteiger partial charge on any atom is 0.372 e. The standard InChI is InChI=1S/C14H17ClO3/c1-2-11-9-10(7-8-12(11)15)5-3-4-6-13(16)14(17)18/h7-9H,2-6H2,1H3,(H,17,18). The highest BCUT2D eigenvalue weighted by Gasteiger charge is 2.10. The fourth-order valence-electron chi connectivity index (χ4n) is 1.78. The molecule has 0 spiro atoms. The van der Waals surface area contributed by atoms with Crippen LogP contribution in [0.2, 0.25) is 5.02 Å². The van der Waals surface area contributed by atoms with Crippen molar-refractivity contribution in [2.24, 2.45) is 0 Å². The summed E-state index contributed by atoms with van der Waals surface area (Å²) in [6, 6.07) is 5.93. The zero-order valence-electron chi connectivity index (χ0n) is 10.4. The summed E-state index contributed by atoms with van der Waals surface area (Å²) in [5, 5.41) is 9.21. The summed E-state index contributed by atoms with van der Waals surface area (Å²) in [5.74, 6) is -2.05. The molecule has 3 nitrogen and oxygen atoms in total. The normalized spacial score (nSPS) is 10.3. The van der Waals surface area contributed by atoms with E-state index in [2.05, 4.69) is 13.0 Å². The van der Waals surface area contributed by atoms with Gasteiger partial charge in [-0.25, -0.2) is 4.79 Å². The van der Waals surface area contributed by atoms with Gasteiger partial charge in [-0.05, 0) is 42.9 Å². The van der Waals surface area contributed by atoms with Gasteiger partial charge >= 0.3 is 5.97 Å². The number of aryl methyl sites for hydroxylation is 2. The molecule has 0 fully saturated rings. The minimum absolute atomic E-state index is 0.115. The van der Waals surface area contributed by atoms with E-state index in [0.29, 0.717) is 6.42 Å². The number of benzene rings is 1. The van der Waals surface area contributed by atoms with Crippen molar-refractivity contribution in [3.05, 3.63) is 34.3 Å². The highest BCUT2D eigenvalue weighted by atomic mass is 35.5. The number of Topliss-reactive ketones (excluding diaryl/α,β-unsaturated/α-hetero) is 1. The summed E-state index contributed by atoms with van der Waals surface area (Å²) in [7, 11) is 0. The molecule has 1 aromatic carbocycles. The second-order valence-electron chi connectivity index (χ2n) is 4.21. The first kappa shape index (κ1) is 14.7. The average molecular weight is 269 g/mol. The Bertz CT molecular complexity index is 441. The molecule has 98 valence electrons. The number of carboxylic acid groups (broad SMARTS) is 1. The Morgan fingerprint density at radius 2 is 2.00 bits per heavy atom. The van der Waals surface area contributed by atoms with Gasteiger partial charge in [-0.15, -0.1) is 0 Å². The van der Waals surface area contributed by atoms with E-state index < -0.39 is 11.8 Å². The fraction of sp³-hybridized carbons (Fsp3) is 0.429. The van der Waals surface area contributed by atoms with Gasteiger partial charge in [0, 0.05) is 11.4 Å². The van der Waals surface area contributed by atoms with Crippen LogP contribution in [0.4, 0.5) is 0 Å². The van der Waals surface area contributed by atoms with Gasteiger partial charge in [0.2, 0.25) is 5.78 Å². The fourth-order valence-corrected chi connectivity index (χ4v) is 2.03. The maximum atomic E-state index is 10.9. The molecule has 1 N–H and O–H groups in total. The third-order valence-electron chi connectivity index (χ3n) is 2.85. The molecule has 0 aliphatic rings. The van der Waals surface area contributed by atoms with E-state index in [1.54, 1.807) is 0 Å². The maximum absolute atomic E-state index is 10.9. The molecule has 0 unspecified atom stereocenters. The van der Waals surface area contributed by atoms with Gasteiger partial charge in [-0.2, -0.15) is 0 Å². The van der Waals surface area contributed by atoms with Crippen molar-refractivity contribution in [1.29, 1.82) is 0 Å². The second-order valence-corrected chi connectivity index (χ2v) is 4.62. The number of hydrogen-bond donors (Lipinski definition) is 1. The molecule has 0 bridgehead atoms. The number of rotatable bonds is 7. The van der Waals surface area contributed by atoms with Crippen LogP contribution >= 0.6 is 11.6 Å². The number of halogens is 1. The molecule has 0 aliphatic heterocycles. The quantitative estimate of drug-likeness (QED) is 0.610. The van der Waals surface area contributed by atoms with E-state index in [-0.39, 0.29) is 6.42 Å². The Kier molecular flexibility index (Phi) is 5.86. The second kappa shape index (κ2) is 7.17. The molecule has 0 saturated heterocycles. The van der Waals surface area contributed by atoms with Gasteiger partial charge < -0.3 is 5.11 Å². The summed E-state index contributed by atoms with van der Waals surface area (Å²) in [5.41, 5.74) is 2.30. The first-order valence-electron chi connectivity index (χ1n) is 6.08. The van der Waals surface area contributed by atoms with E-state index in [9.17, 15) is 9.59 Å². The molecule has 0 aliphatic carbocycles. The summed E-state index contributed by atoms with van der Waals surface area (Å²) in [4.78, 5) is 21.2. The van der Waals surface area contributed by atoms with Gasteiger partial charge in [0.1, 0.15) is 0 Å². The highest BCUT2D eigenvalue weighted by Crippen LogP contribution is 2.19. The van der Waals surface area contributed by atoms with Crippen molar-refractivity contribution in [1.82, 2.24) is 0 Å². The number of hydrogen-bond acceptors (Lipinski definition) is 2. The monoisotopic (exact) mass is 268 g/mol. The smallest absolute Gasteiger partial charge is 0.372 e. The zero-order valence-corrected chi connectivity index (χ0v) is 11.2. The van der Waals surface area contributed by atoms with E-state index in [0.717, 1.165) is 29.8 Å². The average Bonchev–Trinajstić information content (AvgIpc) is 2.35. The van der Waals surface area contributed by atoms with Gasteiger partial charge in [-0.3, -0.25) is 4.79 Å². The van der Waals surface area contributed by atoms with Crippen LogP contribution in [0.3, 0.4) is 0 Å². The Balaban J connectivity index is 2.40. The molecule has 0 radical (unpaired) electrons. The molecular weight excluding hydrogens is 252 g/mol. The minimum Gasteiger partial charge on any atom is -0.476 e. The highest BCUT2D eigenvalue weighted by molar-refractivity contribution is 6.32. The Morgan fingerprint density at radius 1 is 1.28 bits per heavy atom. The van der Waals surface area contributed by atoms with Gasteiger partial charge in [-0.1, -0.05) is 30.7 Å². The number of ketones is 1. The summed E-state index contributed by atoms with van der Waals surface area (Å²) in [6.45, 7) is 2.05. The van der Waals surface area contributed by atoms with Gasteiger partial charge in [0.15, 0.2) is 0 Å². The first-order chi connectivity index (χ1) is 8.54. The van der Waals surface area contributed by atoms with Crippen molar-refractivity contribution in [3.8, 4) is 0 Å². The largest absolute Gasteiger partial charge is 0.476 e. The Hall–Kier alpha value is -1.35. The van der Waals surface area contributed by atoms with Crippen molar-refractivity contribution in [2.45, 2.75) is 39.0 Å². The lowest BCUT2D eigenvalue weighted by Crippen LogP contribution is -2.11. The van der Waals surface area contributed by atoms with Crippen LogP contribution in [0.1, 0.15) is 37.3 Å². The number of carbonyl (C=O) groups is 2. The van der Waals surface area contributed by atoms with E-state index in [1.807, 2.05) is 12.1 Å². The predicted molar refractivity (Wildman–Crippen MR) is 71.0 cm³/mol. The lowest BCUT2D eigenvalue weighted by Gasteiger charge is -2.05. The van der Waals surface area contributed by atoms with Crippen LogP contribution in [0.5, 0.6) is 0 Å². The van der Waals surface area contributed by atoms with Crippen LogP contribution in [-0.4, -0.2) is 16.9 Å². The van der Waals surface area contributed by atoms with Crippen LogP contribution in [0.15, 0.2) is 18.2 Å². The summed E-state index contributed by atoms with van der Waals surface area (Å²) < 4.78 is 0. The number of carboxylic acids is 1.